The van der Waals surface area contributed by atoms with Gasteiger partial charge in [-0.05, 0) is 44.1 Å². The second-order valence-corrected chi connectivity index (χ2v) is 6.66. The fourth-order valence-electron chi connectivity index (χ4n) is 3.82. The molecule has 0 aromatic carbocycles. The molecule has 21 heavy (non-hydrogen) atoms. The van der Waals surface area contributed by atoms with Crippen molar-refractivity contribution in [3.8, 4) is 0 Å². The van der Waals surface area contributed by atoms with E-state index in [-0.39, 0.29) is 5.84 Å². The van der Waals surface area contributed by atoms with Gasteiger partial charge in [0, 0.05) is 18.8 Å². The van der Waals surface area contributed by atoms with E-state index in [2.05, 4.69) is 14.9 Å². The molecule has 0 radical (unpaired) electrons. The Kier molecular flexibility index (Phi) is 3.83. The first-order valence-corrected chi connectivity index (χ1v) is 8.03. The zero-order chi connectivity index (χ0) is 14.9. The molecule has 1 aliphatic carbocycles. The molecule has 3 rings (SSSR count). The fourth-order valence-corrected chi connectivity index (χ4v) is 3.82. The van der Waals surface area contributed by atoms with E-state index in [0.29, 0.717) is 11.1 Å². The molecule has 1 saturated heterocycles. The lowest BCUT2D eigenvalue weighted by Crippen LogP contribution is -2.42. The standard InChI is InChI=1S/C16H25N5/c1-12-11-13(14(17)18)20-15(19-12)21-9-7-16(8-10-21)5-3-2-4-6-16/h11H,2-10H2,1H3,(H3,17,18). The van der Waals surface area contributed by atoms with E-state index in [1.165, 1.54) is 44.9 Å². The number of hydrogen-bond donors (Lipinski definition) is 2. The molecule has 1 aliphatic heterocycles. The van der Waals surface area contributed by atoms with Gasteiger partial charge >= 0.3 is 0 Å². The Hall–Kier alpha value is -1.65. The molecule has 2 aliphatic rings. The number of anilines is 1. The number of nitrogen functional groups attached to an aromatic ring is 1. The lowest BCUT2D eigenvalue weighted by molar-refractivity contribution is 0.144. The SMILES string of the molecule is Cc1cc(C(=N)N)nc(N2CCC3(CCCCC3)CC2)n1. The summed E-state index contributed by atoms with van der Waals surface area (Å²) in [6.07, 6.45) is 9.50. The van der Waals surface area contributed by atoms with Crippen LogP contribution in [0.1, 0.15) is 56.3 Å². The Labute approximate surface area is 126 Å². The summed E-state index contributed by atoms with van der Waals surface area (Å²) in [5.74, 6) is 0.758. The highest BCUT2D eigenvalue weighted by Crippen LogP contribution is 2.44. The summed E-state index contributed by atoms with van der Waals surface area (Å²) in [6.45, 7) is 3.99. The average Bonchev–Trinajstić information content (AvgIpc) is 2.48. The summed E-state index contributed by atoms with van der Waals surface area (Å²) < 4.78 is 0. The Morgan fingerprint density at radius 2 is 1.81 bits per heavy atom. The Bertz CT molecular complexity index is 523. The molecule has 5 heteroatoms. The van der Waals surface area contributed by atoms with E-state index >= 15 is 0 Å². The number of nitrogens with two attached hydrogens (primary N) is 1. The molecule has 1 aromatic heterocycles. The van der Waals surface area contributed by atoms with E-state index < -0.39 is 0 Å². The Balaban J connectivity index is 1.73. The van der Waals surface area contributed by atoms with E-state index in [9.17, 15) is 0 Å². The quantitative estimate of drug-likeness (QED) is 0.647. The topological polar surface area (TPSA) is 78.9 Å². The molecule has 3 N–H and O–H groups in total. The molecule has 0 bridgehead atoms. The van der Waals surface area contributed by atoms with Crippen LogP contribution in [0.25, 0.3) is 0 Å². The molecule has 0 amide bonds. The summed E-state index contributed by atoms with van der Waals surface area (Å²) in [5, 5.41) is 7.57. The summed E-state index contributed by atoms with van der Waals surface area (Å²) in [7, 11) is 0. The third-order valence-electron chi connectivity index (χ3n) is 5.14. The van der Waals surface area contributed by atoms with Crippen molar-refractivity contribution in [3.63, 3.8) is 0 Å². The maximum Gasteiger partial charge on any atom is 0.226 e. The molecule has 2 heterocycles. The van der Waals surface area contributed by atoms with Gasteiger partial charge in [0.1, 0.15) is 11.5 Å². The van der Waals surface area contributed by atoms with Crippen molar-refractivity contribution >= 4 is 11.8 Å². The minimum atomic E-state index is 0.0162. The third kappa shape index (κ3) is 3.01. The van der Waals surface area contributed by atoms with Crippen molar-refractivity contribution in [2.45, 2.75) is 51.9 Å². The van der Waals surface area contributed by atoms with Gasteiger partial charge in [0.05, 0.1) is 0 Å². The fraction of sp³-hybridized carbons (Fsp3) is 0.688. The van der Waals surface area contributed by atoms with Crippen LogP contribution in [0.3, 0.4) is 0 Å². The van der Waals surface area contributed by atoms with Gasteiger partial charge in [-0.15, -0.1) is 0 Å². The smallest absolute Gasteiger partial charge is 0.226 e. The predicted octanol–water partition coefficient (Wildman–Crippen LogP) is 2.62. The summed E-state index contributed by atoms with van der Waals surface area (Å²) in [6, 6.07) is 1.78. The molecule has 114 valence electrons. The first-order valence-electron chi connectivity index (χ1n) is 8.03. The lowest BCUT2D eigenvalue weighted by Gasteiger charge is -2.44. The van der Waals surface area contributed by atoms with Crippen LogP contribution in [-0.4, -0.2) is 28.9 Å². The van der Waals surface area contributed by atoms with Crippen molar-refractivity contribution in [1.82, 2.24) is 9.97 Å². The first kappa shape index (κ1) is 14.3. The number of piperidine rings is 1. The monoisotopic (exact) mass is 287 g/mol. The predicted molar refractivity (Wildman–Crippen MR) is 84.8 cm³/mol. The van der Waals surface area contributed by atoms with Crippen molar-refractivity contribution in [2.24, 2.45) is 11.1 Å². The van der Waals surface area contributed by atoms with Gasteiger partial charge in [-0.1, -0.05) is 19.3 Å². The van der Waals surface area contributed by atoms with E-state index in [1.54, 1.807) is 6.07 Å². The molecule has 5 nitrogen and oxygen atoms in total. The second-order valence-electron chi connectivity index (χ2n) is 6.66. The number of amidine groups is 1. The molecule has 1 saturated carbocycles. The molecular formula is C16H25N5. The highest BCUT2D eigenvalue weighted by molar-refractivity contribution is 5.93. The minimum Gasteiger partial charge on any atom is -0.382 e. The van der Waals surface area contributed by atoms with Crippen molar-refractivity contribution in [1.29, 1.82) is 5.41 Å². The highest BCUT2D eigenvalue weighted by Gasteiger charge is 2.36. The van der Waals surface area contributed by atoms with Gasteiger partial charge in [0.15, 0.2) is 0 Å². The Morgan fingerprint density at radius 1 is 1.14 bits per heavy atom. The van der Waals surface area contributed by atoms with Crippen molar-refractivity contribution < 1.29 is 0 Å². The maximum atomic E-state index is 7.57. The maximum absolute atomic E-state index is 7.57. The van der Waals surface area contributed by atoms with Gasteiger partial charge in [-0.2, -0.15) is 0 Å². The van der Waals surface area contributed by atoms with Crippen LogP contribution in [0, 0.1) is 17.7 Å². The van der Waals surface area contributed by atoms with E-state index in [1.807, 2.05) is 6.92 Å². The van der Waals surface area contributed by atoms with E-state index in [0.717, 1.165) is 24.7 Å². The van der Waals surface area contributed by atoms with Gasteiger partial charge in [0.2, 0.25) is 5.95 Å². The largest absolute Gasteiger partial charge is 0.382 e. The van der Waals surface area contributed by atoms with Gasteiger partial charge in [-0.3, -0.25) is 5.41 Å². The molecule has 0 unspecified atom stereocenters. The van der Waals surface area contributed by atoms with Crippen LogP contribution in [0.2, 0.25) is 0 Å². The lowest BCUT2D eigenvalue weighted by atomic mass is 9.68. The van der Waals surface area contributed by atoms with Gasteiger partial charge in [-0.25, -0.2) is 9.97 Å². The normalized spacial score (nSPS) is 21.5. The minimum absolute atomic E-state index is 0.0162. The van der Waals surface area contributed by atoms with Crippen molar-refractivity contribution in [2.75, 3.05) is 18.0 Å². The summed E-state index contributed by atoms with van der Waals surface area (Å²) in [4.78, 5) is 11.3. The molecule has 1 aromatic rings. The number of aromatic nitrogens is 2. The number of nitrogens with zero attached hydrogens (tertiary/aromatic N) is 3. The second kappa shape index (κ2) is 5.62. The molecule has 1 spiro atoms. The number of rotatable bonds is 2. The van der Waals surface area contributed by atoms with Gasteiger partial charge in [0.25, 0.3) is 0 Å². The van der Waals surface area contributed by atoms with Crippen LogP contribution in [-0.2, 0) is 0 Å². The molecular weight excluding hydrogens is 262 g/mol. The third-order valence-corrected chi connectivity index (χ3v) is 5.14. The van der Waals surface area contributed by atoms with Gasteiger partial charge < -0.3 is 10.6 Å². The zero-order valence-electron chi connectivity index (χ0n) is 12.9. The summed E-state index contributed by atoms with van der Waals surface area (Å²) in [5.41, 5.74) is 7.57. The van der Waals surface area contributed by atoms with Crippen LogP contribution < -0.4 is 10.6 Å². The number of nitrogens with one attached hydrogen (secondary N) is 1. The Morgan fingerprint density at radius 3 is 2.43 bits per heavy atom. The van der Waals surface area contributed by atoms with Crippen LogP contribution >= 0.6 is 0 Å². The average molecular weight is 287 g/mol. The van der Waals surface area contributed by atoms with Crippen LogP contribution in [0.4, 0.5) is 5.95 Å². The molecule has 0 atom stereocenters. The van der Waals surface area contributed by atoms with Crippen LogP contribution in [0.15, 0.2) is 6.07 Å². The van der Waals surface area contributed by atoms with E-state index in [4.69, 9.17) is 11.1 Å². The molecule has 2 fully saturated rings. The number of aryl methyl sites for hydroxylation is 1. The number of hydrogen-bond acceptors (Lipinski definition) is 4. The van der Waals surface area contributed by atoms with Crippen LogP contribution in [0.5, 0.6) is 0 Å². The summed E-state index contributed by atoms with van der Waals surface area (Å²) >= 11 is 0. The zero-order valence-corrected chi connectivity index (χ0v) is 12.9. The first-order chi connectivity index (χ1) is 10.1. The highest BCUT2D eigenvalue weighted by atomic mass is 15.3. The van der Waals surface area contributed by atoms with Crippen molar-refractivity contribution in [3.05, 3.63) is 17.5 Å².